The Morgan fingerprint density at radius 1 is 1.12 bits per heavy atom. The number of hydrogen-bond donors (Lipinski definition) is 2. The number of benzene rings is 3. The minimum atomic E-state index is -4.46. The van der Waals surface area contributed by atoms with E-state index in [0.717, 1.165) is 29.0 Å². The molecule has 13 heteroatoms. The third-order valence-corrected chi connectivity index (χ3v) is 6.45. The van der Waals surface area contributed by atoms with Crippen molar-refractivity contribution in [2.75, 3.05) is 11.9 Å². The molecule has 0 radical (unpaired) electrons. The van der Waals surface area contributed by atoms with Gasteiger partial charge in [-0.2, -0.15) is 18.3 Å². The summed E-state index contributed by atoms with van der Waals surface area (Å²) in [5.74, 6) is -0.109. The molecule has 1 heterocycles. The lowest BCUT2D eigenvalue weighted by Gasteiger charge is -2.14. The summed E-state index contributed by atoms with van der Waals surface area (Å²) in [6.45, 7) is 2.30. The molecule has 0 saturated heterocycles. The van der Waals surface area contributed by atoms with Crippen molar-refractivity contribution in [3.63, 3.8) is 0 Å². The Kier molecular flexibility index (Phi) is 9.79. The Hall–Kier alpha value is -4.16. The van der Waals surface area contributed by atoms with Crippen LogP contribution in [0.4, 0.5) is 28.4 Å². The smallest absolute Gasteiger partial charge is 0.416 e. The number of hydrazone groups is 1. The van der Waals surface area contributed by atoms with E-state index in [1.54, 1.807) is 36.6 Å². The predicted molar refractivity (Wildman–Crippen MR) is 150 cm³/mol. The number of thiazole rings is 1. The molecule has 0 aliphatic rings. The normalized spacial score (nSPS) is 11.5. The minimum absolute atomic E-state index is 0.0980. The van der Waals surface area contributed by atoms with Crippen LogP contribution in [0.3, 0.4) is 0 Å². The number of carbonyl (C=O) groups excluding carboxylic acids is 1. The van der Waals surface area contributed by atoms with Crippen molar-refractivity contribution in [3.8, 4) is 11.5 Å². The van der Waals surface area contributed by atoms with Crippen LogP contribution in [0.25, 0.3) is 0 Å². The second-order valence-electron chi connectivity index (χ2n) is 8.50. The number of carbonyl (C=O) groups is 1. The van der Waals surface area contributed by atoms with Gasteiger partial charge < -0.3 is 14.8 Å². The number of amides is 1. The van der Waals surface area contributed by atoms with Crippen LogP contribution >= 0.6 is 22.9 Å². The summed E-state index contributed by atoms with van der Waals surface area (Å²) >= 11 is 7.57. The Morgan fingerprint density at radius 3 is 2.63 bits per heavy atom. The lowest BCUT2D eigenvalue weighted by atomic mass is 10.2. The standard InChI is InChI=1S/C28H23ClF4N4O3S/c1-2-39-24-11-18(10-23(29)26(24)40-15-17-6-8-20(30)9-7-17)14-34-37-25(38)13-22-16-41-27(36-22)35-21-5-3-4-19(12-21)28(31,32)33/h3-12,14,16H,2,13,15H2,1H3,(H,35,36)(H,37,38)/b34-14-. The molecule has 4 rings (SSSR count). The quantitative estimate of drug-likeness (QED) is 0.106. The van der Waals surface area contributed by atoms with Crippen molar-refractivity contribution in [2.24, 2.45) is 5.10 Å². The van der Waals surface area contributed by atoms with Gasteiger partial charge in [0.15, 0.2) is 16.6 Å². The van der Waals surface area contributed by atoms with Crippen LogP contribution in [0.5, 0.6) is 11.5 Å². The number of nitrogens with zero attached hydrogens (tertiary/aromatic N) is 2. The molecule has 1 amide bonds. The van der Waals surface area contributed by atoms with Crippen LogP contribution in [-0.2, 0) is 24.0 Å². The van der Waals surface area contributed by atoms with E-state index < -0.39 is 17.6 Å². The predicted octanol–water partition coefficient (Wildman–Crippen LogP) is 7.37. The van der Waals surface area contributed by atoms with Gasteiger partial charge in [0, 0.05) is 11.1 Å². The fourth-order valence-electron chi connectivity index (χ4n) is 3.53. The number of ether oxygens (including phenoxy) is 2. The highest BCUT2D eigenvalue weighted by Gasteiger charge is 2.30. The van der Waals surface area contributed by atoms with E-state index in [4.69, 9.17) is 21.1 Å². The van der Waals surface area contributed by atoms with Crippen molar-refractivity contribution in [2.45, 2.75) is 26.1 Å². The molecule has 0 atom stereocenters. The first-order valence-corrected chi connectivity index (χ1v) is 13.4. The number of hydrogen-bond acceptors (Lipinski definition) is 7. The molecule has 0 unspecified atom stereocenters. The van der Waals surface area contributed by atoms with Gasteiger partial charge in [0.1, 0.15) is 12.4 Å². The van der Waals surface area contributed by atoms with Crippen LogP contribution in [-0.4, -0.2) is 23.7 Å². The average Bonchev–Trinajstić information content (AvgIpc) is 3.35. The SMILES string of the molecule is CCOc1cc(/C=N\NC(=O)Cc2csc(Nc3cccc(C(F)(F)F)c3)n2)cc(Cl)c1OCc1ccc(F)cc1. The van der Waals surface area contributed by atoms with E-state index in [1.165, 1.54) is 30.5 Å². The number of anilines is 2. The molecule has 7 nitrogen and oxygen atoms in total. The average molecular weight is 607 g/mol. The maximum Gasteiger partial charge on any atom is 0.416 e. The molecule has 0 aliphatic carbocycles. The molecule has 41 heavy (non-hydrogen) atoms. The highest BCUT2D eigenvalue weighted by Crippen LogP contribution is 2.37. The molecule has 0 spiro atoms. The number of halogens is 5. The third kappa shape index (κ3) is 8.66. The van der Waals surface area contributed by atoms with Gasteiger partial charge in [0.25, 0.3) is 0 Å². The Bertz CT molecular complexity index is 1530. The van der Waals surface area contributed by atoms with E-state index in [-0.39, 0.29) is 29.6 Å². The molecule has 3 aromatic carbocycles. The zero-order valence-electron chi connectivity index (χ0n) is 21.5. The summed E-state index contributed by atoms with van der Waals surface area (Å²) in [7, 11) is 0. The molecular weight excluding hydrogens is 584 g/mol. The zero-order chi connectivity index (χ0) is 29.4. The Labute approximate surface area is 241 Å². The van der Waals surface area contributed by atoms with E-state index in [9.17, 15) is 22.4 Å². The van der Waals surface area contributed by atoms with E-state index in [2.05, 4.69) is 20.8 Å². The van der Waals surface area contributed by atoms with Crippen LogP contribution in [0.2, 0.25) is 5.02 Å². The molecule has 0 saturated carbocycles. The van der Waals surface area contributed by atoms with E-state index in [1.807, 2.05) is 0 Å². The van der Waals surface area contributed by atoms with E-state index >= 15 is 0 Å². The first-order chi connectivity index (χ1) is 19.6. The van der Waals surface area contributed by atoms with Gasteiger partial charge in [0.05, 0.1) is 35.5 Å². The Morgan fingerprint density at radius 2 is 1.90 bits per heavy atom. The summed E-state index contributed by atoms with van der Waals surface area (Å²) in [5.41, 5.74) is 3.55. The summed E-state index contributed by atoms with van der Waals surface area (Å²) in [4.78, 5) is 16.6. The molecule has 214 valence electrons. The number of aromatic nitrogens is 1. The third-order valence-electron chi connectivity index (χ3n) is 5.37. The maximum atomic E-state index is 13.1. The van der Waals surface area contributed by atoms with Gasteiger partial charge >= 0.3 is 6.18 Å². The summed E-state index contributed by atoms with van der Waals surface area (Å²) < 4.78 is 63.4. The summed E-state index contributed by atoms with van der Waals surface area (Å²) in [6, 6.07) is 13.9. The molecular formula is C28H23ClF4N4O3S. The van der Waals surface area contributed by atoms with Gasteiger partial charge in [0.2, 0.25) is 5.91 Å². The highest BCUT2D eigenvalue weighted by atomic mass is 35.5. The van der Waals surface area contributed by atoms with Crippen LogP contribution in [0.15, 0.2) is 71.1 Å². The van der Waals surface area contributed by atoms with Crippen molar-refractivity contribution < 1.29 is 31.8 Å². The van der Waals surface area contributed by atoms with Gasteiger partial charge in [-0.15, -0.1) is 11.3 Å². The number of alkyl halides is 3. The maximum absolute atomic E-state index is 13.1. The highest BCUT2D eigenvalue weighted by molar-refractivity contribution is 7.13. The molecule has 0 fully saturated rings. The van der Waals surface area contributed by atoms with Crippen molar-refractivity contribution in [1.29, 1.82) is 0 Å². The van der Waals surface area contributed by atoms with Crippen LogP contribution in [0.1, 0.15) is 29.3 Å². The zero-order valence-corrected chi connectivity index (χ0v) is 23.0. The van der Waals surface area contributed by atoms with Gasteiger partial charge in [-0.25, -0.2) is 14.8 Å². The van der Waals surface area contributed by atoms with Gasteiger partial charge in [-0.3, -0.25) is 4.79 Å². The van der Waals surface area contributed by atoms with Crippen molar-refractivity contribution in [1.82, 2.24) is 10.4 Å². The second-order valence-corrected chi connectivity index (χ2v) is 9.76. The second kappa shape index (κ2) is 13.5. The summed E-state index contributed by atoms with van der Waals surface area (Å²) in [6.07, 6.45) is -3.17. The molecule has 2 N–H and O–H groups in total. The lowest BCUT2D eigenvalue weighted by molar-refractivity contribution is -0.137. The van der Waals surface area contributed by atoms with Gasteiger partial charge in [-0.05, 0) is 60.5 Å². The first kappa shape index (κ1) is 29.8. The topological polar surface area (TPSA) is 84.8 Å². The van der Waals surface area contributed by atoms with Crippen LogP contribution in [0, 0.1) is 5.82 Å². The molecule has 4 aromatic rings. The lowest BCUT2D eigenvalue weighted by Crippen LogP contribution is -2.20. The minimum Gasteiger partial charge on any atom is -0.490 e. The van der Waals surface area contributed by atoms with Gasteiger partial charge in [-0.1, -0.05) is 29.8 Å². The van der Waals surface area contributed by atoms with Crippen molar-refractivity contribution in [3.05, 3.63) is 99.3 Å². The van der Waals surface area contributed by atoms with Crippen LogP contribution < -0.4 is 20.2 Å². The fraction of sp³-hybridized carbons (Fsp3) is 0.179. The Balaban J connectivity index is 1.34. The molecule has 1 aromatic heterocycles. The monoisotopic (exact) mass is 606 g/mol. The number of rotatable bonds is 11. The number of nitrogens with one attached hydrogen (secondary N) is 2. The fourth-order valence-corrected chi connectivity index (χ4v) is 4.53. The van der Waals surface area contributed by atoms with E-state index in [0.29, 0.717) is 34.5 Å². The molecule has 0 bridgehead atoms. The van der Waals surface area contributed by atoms with Crippen molar-refractivity contribution >= 4 is 45.9 Å². The first-order valence-electron chi connectivity index (χ1n) is 12.1. The summed E-state index contributed by atoms with van der Waals surface area (Å²) in [5, 5.41) is 9.00. The molecule has 0 aliphatic heterocycles. The largest absolute Gasteiger partial charge is 0.490 e.